The van der Waals surface area contributed by atoms with Gasteiger partial charge in [0.15, 0.2) is 5.96 Å². The first-order valence-electron chi connectivity index (χ1n) is 9.51. The molecule has 0 bridgehead atoms. The van der Waals surface area contributed by atoms with E-state index in [-0.39, 0.29) is 6.10 Å². The molecule has 0 fully saturated rings. The van der Waals surface area contributed by atoms with Crippen LogP contribution in [0.4, 0.5) is 0 Å². The van der Waals surface area contributed by atoms with Crippen molar-refractivity contribution in [2.24, 2.45) is 4.99 Å². The van der Waals surface area contributed by atoms with Crippen LogP contribution in [0.2, 0.25) is 0 Å². The molecule has 0 radical (unpaired) electrons. The van der Waals surface area contributed by atoms with Gasteiger partial charge in [0.2, 0.25) is 0 Å². The topological polar surface area (TPSA) is 64.1 Å². The summed E-state index contributed by atoms with van der Waals surface area (Å²) in [6.45, 7) is 10.3. The van der Waals surface area contributed by atoms with Gasteiger partial charge in [0.05, 0.1) is 25.9 Å². The lowest BCUT2D eigenvalue weighted by Crippen LogP contribution is -2.38. The van der Waals surface area contributed by atoms with E-state index in [1.807, 2.05) is 32.0 Å². The normalized spacial score (nSPS) is 11.7. The molecule has 0 saturated carbocycles. The molecule has 0 spiro atoms. The molecule has 1 aromatic carbocycles. The van der Waals surface area contributed by atoms with Crippen LogP contribution in [0.25, 0.3) is 0 Å². The molecule has 0 aromatic heterocycles. The van der Waals surface area contributed by atoms with Crippen molar-refractivity contribution in [1.29, 1.82) is 0 Å². The van der Waals surface area contributed by atoms with Crippen molar-refractivity contribution in [3.05, 3.63) is 29.8 Å². The summed E-state index contributed by atoms with van der Waals surface area (Å²) in [7, 11) is 1.76. The summed E-state index contributed by atoms with van der Waals surface area (Å²) >= 11 is 0. The summed E-state index contributed by atoms with van der Waals surface area (Å²) < 4.78 is 16.7. The van der Waals surface area contributed by atoms with Crippen LogP contribution in [0.15, 0.2) is 29.3 Å². The first-order valence-corrected chi connectivity index (χ1v) is 9.51. The van der Waals surface area contributed by atoms with Crippen LogP contribution in [-0.4, -0.2) is 52.1 Å². The molecule has 26 heavy (non-hydrogen) atoms. The third-order valence-corrected chi connectivity index (χ3v) is 3.51. The Kier molecular flexibility index (Phi) is 12.3. The third-order valence-electron chi connectivity index (χ3n) is 3.51. The van der Waals surface area contributed by atoms with Crippen LogP contribution >= 0.6 is 0 Å². The van der Waals surface area contributed by atoms with Crippen molar-refractivity contribution in [2.45, 2.75) is 46.3 Å². The number of guanidine groups is 1. The lowest BCUT2D eigenvalue weighted by atomic mass is 10.2. The Balaban J connectivity index is 2.17. The first-order chi connectivity index (χ1) is 12.7. The summed E-state index contributed by atoms with van der Waals surface area (Å²) in [5, 5.41) is 6.53. The van der Waals surface area contributed by atoms with Gasteiger partial charge in [-0.2, -0.15) is 0 Å². The number of benzene rings is 1. The Hall–Kier alpha value is -1.79. The van der Waals surface area contributed by atoms with Gasteiger partial charge >= 0.3 is 0 Å². The van der Waals surface area contributed by atoms with Crippen molar-refractivity contribution >= 4 is 5.96 Å². The molecule has 0 unspecified atom stereocenters. The number of hydrogen-bond donors (Lipinski definition) is 2. The minimum atomic E-state index is 0.171. The van der Waals surface area contributed by atoms with E-state index >= 15 is 0 Å². The van der Waals surface area contributed by atoms with Gasteiger partial charge in [-0.1, -0.05) is 25.5 Å². The quantitative estimate of drug-likeness (QED) is 0.320. The van der Waals surface area contributed by atoms with Crippen molar-refractivity contribution < 1.29 is 14.2 Å². The van der Waals surface area contributed by atoms with Gasteiger partial charge < -0.3 is 24.8 Å². The Bertz CT molecular complexity index is 507. The Morgan fingerprint density at radius 1 is 1.08 bits per heavy atom. The molecule has 0 atom stereocenters. The summed E-state index contributed by atoms with van der Waals surface area (Å²) in [5.41, 5.74) is 1.14. The van der Waals surface area contributed by atoms with Crippen LogP contribution in [0, 0.1) is 0 Å². The van der Waals surface area contributed by atoms with Gasteiger partial charge in [0, 0.05) is 26.7 Å². The number of rotatable bonds is 13. The second-order valence-corrected chi connectivity index (χ2v) is 6.24. The maximum absolute atomic E-state index is 5.72. The predicted molar refractivity (Wildman–Crippen MR) is 107 cm³/mol. The van der Waals surface area contributed by atoms with E-state index in [2.05, 4.69) is 28.6 Å². The SMILES string of the molecule is CCCCOCCOCCNC(=NC)NCc1cccc(OC(C)C)c1. The average Bonchev–Trinajstić information content (AvgIpc) is 2.62. The lowest BCUT2D eigenvalue weighted by Gasteiger charge is -2.14. The van der Waals surface area contributed by atoms with Gasteiger partial charge in [-0.3, -0.25) is 4.99 Å². The largest absolute Gasteiger partial charge is 0.491 e. The molecular weight excluding hydrogens is 330 g/mol. The first kappa shape index (κ1) is 22.3. The number of aliphatic imine (C=N–C) groups is 1. The van der Waals surface area contributed by atoms with Crippen LogP contribution < -0.4 is 15.4 Å². The molecule has 6 heteroatoms. The van der Waals surface area contributed by atoms with Gasteiger partial charge in [0.25, 0.3) is 0 Å². The second kappa shape index (κ2) is 14.4. The van der Waals surface area contributed by atoms with Crippen LogP contribution in [0.3, 0.4) is 0 Å². The molecule has 0 amide bonds. The number of nitrogens with zero attached hydrogens (tertiary/aromatic N) is 1. The maximum Gasteiger partial charge on any atom is 0.191 e. The molecule has 0 aliphatic rings. The lowest BCUT2D eigenvalue weighted by molar-refractivity contribution is 0.0487. The molecule has 148 valence electrons. The maximum atomic E-state index is 5.72. The van der Waals surface area contributed by atoms with E-state index in [0.29, 0.717) is 32.9 Å². The molecule has 0 aliphatic heterocycles. The Labute approximate surface area is 158 Å². The Morgan fingerprint density at radius 3 is 2.54 bits per heavy atom. The molecule has 0 aliphatic carbocycles. The smallest absolute Gasteiger partial charge is 0.191 e. The predicted octanol–water partition coefficient (Wildman–Crippen LogP) is 2.97. The van der Waals surface area contributed by atoms with Crippen molar-refractivity contribution in [3.63, 3.8) is 0 Å². The highest BCUT2D eigenvalue weighted by atomic mass is 16.5. The minimum absolute atomic E-state index is 0.171. The van der Waals surface area contributed by atoms with Crippen LogP contribution in [0.1, 0.15) is 39.2 Å². The molecule has 1 rings (SSSR count). The summed E-state index contributed by atoms with van der Waals surface area (Å²) in [6.07, 6.45) is 2.44. The molecular formula is C20H35N3O3. The van der Waals surface area contributed by atoms with Gasteiger partial charge in [-0.15, -0.1) is 0 Å². The molecule has 2 N–H and O–H groups in total. The monoisotopic (exact) mass is 365 g/mol. The van der Waals surface area contributed by atoms with E-state index in [0.717, 1.165) is 36.7 Å². The van der Waals surface area contributed by atoms with Crippen LogP contribution in [0.5, 0.6) is 5.75 Å². The van der Waals surface area contributed by atoms with E-state index < -0.39 is 0 Å². The zero-order valence-corrected chi connectivity index (χ0v) is 16.7. The fourth-order valence-corrected chi connectivity index (χ4v) is 2.22. The van der Waals surface area contributed by atoms with Crippen molar-refractivity contribution in [1.82, 2.24) is 10.6 Å². The molecule has 0 heterocycles. The fraction of sp³-hybridized carbons (Fsp3) is 0.650. The molecule has 6 nitrogen and oxygen atoms in total. The van der Waals surface area contributed by atoms with E-state index in [9.17, 15) is 0 Å². The second-order valence-electron chi connectivity index (χ2n) is 6.24. The third kappa shape index (κ3) is 10.9. The Morgan fingerprint density at radius 2 is 1.85 bits per heavy atom. The van der Waals surface area contributed by atoms with Gasteiger partial charge in [-0.25, -0.2) is 0 Å². The van der Waals surface area contributed by atoms with Crippen molar-refractivity contribution in [3.8, 4) is 5.75 Å². The highest BCUT2D eigenvalue weighted by Gasteiger charge is 2.01. The van der Waals surface area contributed by atoms with Crippen molar-refractivity contribution in [2.75, 3.05) is 40.0 Å². The molecule has 0 saturated heterocycles. The summed E-state index contributed by atoms with van der Waals surface area (Å²) in [5.74, 6) is 1.64. The average molecular weight is 366 g/mol. The highest BCUT2D eigenvalue weighted by molar-refractivity contribution is 5.79. The van der Waals surface area contributed by atoms with E-state index in [4.69, 9.17) is 14.2 Å². The van der Waals surface area contributed by atoms with Crippen LogP contribution in [-0.2, 0) is 16.0 Å². The number of nitrogens with one attached hydrogen (secondary N) is 2. The number of unbranched alkanes of at least 4 members (excludes halogenated alkanes) is 1. The number of hydrogen-bond acceptors (Lipinski definition) is 4. The summed E-state index contributed by atoms with van der Waals surface area (Å²) in [6, 6.07) is 8.08. The minimum Gasteiger partial charge on any atom is -0.491 e. The standard InChI is InChI=1S/C20H35N3O3/c1-5-6-11-24-13-14-25-12-10-22-20(21-4)23-16-18-8-7-9-19(15-18)26-17(2)3/h7-9,15,17H,5-6,10-14,16H2,1-4H3,(H2,21,22,23). The zero-order chi connectivity index (χ0) is 19.0. The van der Waals surface area contributed by atoms with E-state index in [1.165, 1.54) is 0 Å². The zero-order valence-electron chi connectivity index (χ0n) is 16.7. The summed E-state index contributed by atoms with van der Waals surface area (Å²) in [4.78, 5) is 4.22. The van der Waals surface area contributed by atoms with Gasteiger partial charge in [-0.05, 0) is 38.0 Å². The highest BCUT2D eigenvalue weighted by Crippen LogP contribution is 2.14. The van der Waals surface area contributed by atoms with Gasteiger partial charge in [0.1, 0.15) is 5.75 Å². The fourth-order valence-electron chi connectivity index (χ4n) is 2.22. The number of ether oxygens (including phenoxy) is 3. The molecule has 1 aromatic rings. The van der Waals surface area contributed by atoms with E-state index in [1.54, 1.807) is 7.05 Å².